The zero-order valence-electron chi connectivity index (χ0n) is 27.7. The number of carbonyl (C=O) groups is 1. The summed E-state index contributed by atoms with van der Waals surface area (Å²) in [5.74, 6) is 1.53. The fourth-order valence-electron chi connectivity index (χ4n) is 6.83. The number of piperazine rings is 1. The third-order valence-corrected chi connectivity index (χ3v) is 10.7. The van der Waals surface area contributed by atoms with E-state index in [4.69, 9.17) is 9.47 Å². The van der Waals surface area contributed by atoms with Gasteiger partial charge in [0.2, 0.25) is 0 Å². The molecule has 3 aliphatic rings. The number of halogens is 1. The number of carbonyl (C=O) groups excluding carboxylic acids is 1. The van der Waals surface area contributed by atoms with E-state index in [9.17, 15) is 9.18 Å². The zero-order chi connectivity index (χ0) is 32.9. The number of unbranched alkanes of at least 4 members (excludes halogenated alkanes) is 2. The number of aliphatic imine (C=N–C) groups is 1. The molecule has 3 aromatic carbocycles. The molecule has 0 saturated carbocycles. The van der Waals surface area contributed by atoms with Crippen molar-refractivity contribution in [3.05, 3.63) is 71.5 Å². The fourth-order valence-corrected chi connectivity index (χ4v) is 7.78. The van der Waals surface area contributed by atoms with Crippen molar-refractivity contribution in [1.29, 1.82) is 0 Å². The Hall–Kier alpha value is -3.86. The number of hydrogen-bond acceptors (Lipinski definition) is 8. The van der Waals surface area contributed by atoms with Gasteiger partial charge in [-0.3, -0.25) is 9.79 Å². The van der Waals surface area contributed by atoms with Crippen molar-refractivity contribution in [3.63, 3.8) is 0 Å². The van der Waals surface area contributed by atoms with Gasteiger partial charge in [0, 0.05) is 56.6 Å². The Morgan fingerprint density at radius 1 is 0.875 bits per heavy atom. The van der Waals surface area contributed by atoms with Gasteiger partial charge in [0.05, 0.1) is 40.7 Å². The summed E-state index contributed by atoms with van der Waals surface area (Å²) < 4.78 is 26.7. The van der Waals surface area contributed by atoms with Crippen molar-refractivity contribution in [3.8, 4) is 22.1 Å². The molecule has 1 atom stereocenters. The molecule has 3 aliphatic heterocycles. The topological polar surface area (TPSA) is 70.5 Å². The predicted octanol–water partition coefficient (Wildman–Crippen LogP) is 7.37. The van der Waals surface area contributed by atoms with E-state index in [1.165, 1.54) is 12.1 Å². The second-order valence-electron chi connectivity index (χ2n) is 13.1. The van der Waals surface area contributed by atoms with Crippen LogP contribution in [0.3, 0.4) is 0 Å². The minimum atomic E-state index is -0.260. The number of nitrogens with zero attached hydrogens (tertiary/aromatic N) is 5. The van der Waals surface area contributed by atoms with E-state index in [1.807, 2.05) is 54.4 Å². The molecule has 4 aromatic rings. The van der Waals surface area contributed by atoms with Crippen LogP contribution in [0.5, 0.6) is 11.5 Å². The Balaban J connectivity index is 0.752. The normalized spacial score (nSPS) is 18.2. The number of ether oxygens (including phenoxy) is 2. The van der Waals surface area contributed by atoms with Crippen LogP contribution in [0.1, 0.15) is 54.4 Å². The number of aryl methyl sites for hydroxylation is 1. The maximum absolute atomic E-state index is 13.5. The molecule has 48 heavy (non-hydrogen) atoms. The lowest BCUT2D eigenvalue weighted by Gasteiger charge is -2.34. The van der Waals surface area contributed by atoms with Gasteiger partial charge in [0.1, 0.15) is 22.3 Å². The average molecular weight is 670 g/mol. The quantitative estimate of drug-likeness (QED) is 0.139. The van der Waals surface area contributed by atoms with Gasteiger partial charge >= 0.3 is 0 Å². The minimum Gasteiger partial charge on any atom is -0.494 e. The first-order chi connectivity index (χ1) is 23.5. The van der Waals surface area contributed by atoms with Crippen molar-refractivity contribution < 1.29 is 18.7 Å². The SMILES string of the molecule is Cc1cc2c(cc1OCCCCN1CCN(CCCCOc3ccc(-c4nc5cc(F)ccc5s4)cc3)CC1)N=C[C@@H]1CCCN1C2=O. The lowest BCUT2D eigenvalue weighted by molar-refractivity contribution is 0.0774. The average Bonchev–Trinajstić information content (AvgIpc) is 3.73. The standard InChI is InChI=1S/C38H44FN5O3S/c1-27-23-32-33(40-26-30-7-6-16-44(30)38(32)45)25-35(27)47-22-5-3-15-43-19-17-42(18-20-43)14-2-4-21-46-31-11-8-28(9-12-31)37-41-34-24-29(39)10-13-36(34)48-37/h8-13,23-26,30H,2-7,14-22H2,1H3/t30-/m0/s1. The van der Waals surface area contributed by atoms with E-state index in [1.54, 1.807) is 17.4 Å². The summed E-state index contributed by atoms with van der Waals surface area (Å²) in [6.45, 7) is 10.9. The maximum atomic E-state index is 13.5. The molecule has 0 spiro atoms. The van der Waals surface area contributed by atoms with Gasteiger partial charge in [-0.05, 0) is 107 Å². The number of rotatable bonds is 13. The van der Waals surface area contributed by atoms with Gasteiger partial charge in [-0.2, -0.15) is 0 Å². The predicted molar refractivity (Wildman–Crippen MR) is 191 cm³/mol. The highest BCUT2D eigenvalue weighted by Crippen LogP contribution is 2.34. The molecule has 2 fully saturated rings. The highest BCUT2D eigenvalue weighted by molar-refractivity contribution is 7.21. The van der Waals surface area contributed by atoms with Gasteiger partial charge in [0.15, 0.2) is 0 Å². The number of thiazole rings is 1. The second-order valence-corrected chi connectivity index (χ2v) is 14.1. The molecule has 1 amide bonds. The molecule has 1 aromatic heterocycles. The Labute approximate surface area is 286 Å². The lowest BCUT2D eigenvalue weighted by atomic mass is 10.1. The molecule has 0 N–H and O–H groups in total. The van der Waals surface area contributed by atoms with Crippen LogP contribution in [0.25, 0.3) is 20.8 Å². The Kier molecular flexibility index (Phi) is 10.3. The van der Waals surface area contributed by atoms with E-state index in [0.29, 0.717) is 24.3 Å². The summed E-state index contributed by atoms with van der Waals surface area (Å²) in [5, 5.41) is 0.888. The fraction of sp³-hybridized carbons (Fsp3) is 0.447. The van der Waals surface area contributed by atoms with Crippen molar-refractivity contribution in [1.82, 2.24) is 19.7 Å². The number of hydrogen-bond donors (Lipinski definition) is 0. The molecule has 7 rings (SSSR count). The maximum Gasteiger partial charge on any atom is 0.256 e. The monoisotopic (exact) mass is 669 g/mol. The molecule has 0 aliphatic carbocycles. The van der Waals surface area contributed by atoms with E-state index in [-0.39, 0.29) is 17.8 Å². The molecule has 8 nitrogen and oxygen atoms in total. The Morgan fingerprint density at radius 2 is 1.60 bits per heavy atom. The van der Waals surface area contributed by atoms with Crippen molar-refractivity contribution in [2.45, 2.75) is 51.5 Å². The molecule has 2 saturated heterocycles. The molecule has 252 valence electrons. The van der Waals surface area contributed by atoms with Crippen molar-refractivity contribution in [2.75, 3.05) is 59.0 Å². The van der Waals surface area contributed by atoms with E-state index in [2.05, 4.69) is 19.8 Å². The summed E-state index contributed by atoms with van der Waals surface area (Å²) in [4.78, 5) is 29.4. The Morgan fingerprint density at radius 3 is 2.35 bits per heavy atom. The third kappa shape index (κ3) is 7.72. The summed E-state index contributed by atoms with van der Waals surface area (Å²) in [6.07, 6.45) is 8.23. The smallest absolute Gasteiger partial charge is 0.256 e. The van der Waals surface area contributed by atoms with Gasteiger partial charge in [-0.15, -0.1) is 11.3 Å². The zero-order valence-corrected chi connectivity index (χ0v) is 28.5. The van der Waals surface area contributed by atoms with Gasteiger partial charge in [0.25, 0.3) is 5.91 Å². The highest BCUT2D eigenvalue weighted by Gasteiger charge is 2.32. The first-order valence-electron chi connectivity index (χ1n) is 17.4. The molecule has 10 heteroatoms. The number of amides is 1. The van der Waals surface area contributed by atoms with Crippen LogP contribution < -0.4 is 9.47 Å². The summed E-state index contributed by atoms with van der Waals surface area (Å²) in [7, 11) is 0. The van der Waals surface area contributed by atoms with E-state index >= 15 is 0 Å². The molecule has 0 unspecified atom stereocenters. The van der Waals surface area contributed by atoms with E-state index < -0.39 is 0 Å². The van der Waals surface area contributed by atoms with Crippen LogP contribution in [0.15, 0.2) is 59.6 Å². The van der Waals surface area contributed by atoms with Crippen LogP contribution >= 0.6 is 11.3 Å². The van der Waals surface area contributed by atoms with Gasteiger partial charge in [-0.1, -0.05) is 0 Å². The molecular weight excluding hydrogens is 626 g/mol. The summed E-state index contributed by atoms with van der Waals surface area (Å²) in [6, 6.07) is 16.8. The van der Waals surface area contributed by atoms with Crippen LogP contribution in [0, 0.1) is 12.7 Å². The lowest BCUT2D eigenvalue weighted by Crippen LogP contribution is -2.46. The molecule has 0 radical (unpaired) electrons. The molecular formula is C38H44FN5O3S. The van der Waals surface area contributed by atoms with Crippen LogP contribution in [-0.2, 0) is 0 Å². The molecule has 4 heterocycles. The second kappa shape index (κ2) is 15.1. The van der Waals surface area contributed by atoms with Crippen LogP contribution in [0.2, 0.25) is 0 Å². The third-order valence-electron chi connectivity index (χ3n) is 9.65. The minimum absolute atomic E-state index is 0.0929. The summed E-state index contributed by atoms with van der Waals surface area (Å²) in [5.41, 5.74) is 4.13. The van der Waals surface area contributed by atoms with Crippen LogP contribution in [-0.4, -0.2) is 96.9 Å². The molecule has 0 bridgehead atoms. The Bertz CT molecular complexity index is 1750. The first-order valence-corrected chi connectivity index (χ1v) is 18.2. The van der Waals surface area contributed by atoms with E-state index in [0.717, 1.165) is 122 Å². The summed E-state index contributed by atoms with van der Waals surface area (Å²) >= 11 is 1.57. The van der Waals surface area contributed by atoms with Crippen molar-refractivity contribution in [2.24, 2.45) is 4.99 Å². The number of benzene rings is 3. The largest absolute Gasteiger partial charge is 0.494 e. The number of aromatic nitrogens is 1. The van der Waals surface area contributed by atoms with Crippen LogP contribution in [0.4, 0.5) is 10.1 Å². The highest BCUT2D eigenvalue weighted by atomic mass is 32.1. The van der Waals surface area contributed by atoms with Crippen molar-refractivity contribution >= 4 is 39.4 Å². The number of fused-ring (bicyclic) bond motifs is 3. The van der Waals surface area contributed by atoms with Gasteiger partial charge < -0.3 is 24.2 Å². The first kappa shape index (κ1) is 32.7. The van der Waals surface area contributed by atoms with Gasteiger partial charge in [-0.25, -0.2) is 9.37 Å².